The summed E-state index contributed by atoms with van der Waals surface area (Å²) in [5.41, 5.74) is 0.0644. The Morgan fingerprint density at radius 3 is 2.44 bits per heavy atom. The molecule has 1 saturated heterocycles. The number of amides is 1. The Bertz CT molecular complexity index is 1270. The maximum Gasteiger partial charge on any atom is 0.407 e. The molecule has 1 fully saturated rings. The molecule has 0 atom stereocenters. The Morgan fingerprint density at radius 1 is 1.12 bits per heavy atom. The van der Waals surface area contributed by atoms with E-state index in [9.17, 15) is 22.0 Å². The fourth-order valence-electron chi connectivity index (χ4n) is 3.97. The normalized spacial score (nSPS) is 15.4. The van der Waals surface area contributed by atoms with Crippen molar-refractivity contribution >= 4 is 44.3 Å². The lowest BCUT2D eigenvalue weighted by molar-refractivity contribution is 0.133. The van der Waals surface area contributed by atoms with Crippen molar-refractivity contribution < 1.29 is 27.1 Å². The van der Waals surface area contributed by atoms with E-state index in [1.54, 1.807) is 18.2 Å². The number of anilines is 1. The van der Waals surface area contributed by atoms with E-state index in [1.807, 2.05) is 0 Å². The molecule has 1 aromatic heterocycles. The summed E-state index contributed by atoms with van der Waals surface area (Å²) in [6, 6.07) is 10.4. The first-order valence-corrected chi connectivity index (χ1v) is 11.7. The minimum Gasteiger partial charge on any atom is -0.465 e. The molecule has 3 aromatic rings. The quantitative estimate of drug-likeness (QED) is 0.531. The van der Waals surface area contributed by atoms with E-state index in [4.69, 9.17) is 16.7 Å². The zero-order chi connectivity index (χ0) is 23.0. The summed E-state index contributed by atoms with van der Waals surface area (Å²) < 4.78 is 55.2. The molecule has 32 heavy (non-hydrogen) atoms. The molecule has 0 unspecified atom stereocenters. The van der Waals surface area contributed by atoms with Crippen LogP contribution in [-0.2, 0) is 10.0 Å². The maximum absolute atomic E-state index is 13.9. The van der Waals surface area contributed by atoms with Gasteiger partial charge in [0.1, 0.15) is 4.90 Å². The molecule has 2 heterocycles. The summed E-state index contributed by atoms with van der Waals surface area (Å²) in [6.07, 6.45) is -1.95. The number of alkyl halides is 2. The molecule has 4 rings (SSSR count). The largest absolute Gasteiger partial charge is 0.465 e. The van der Waals surface area contributed by atoms with Crippen LogP contribution in [0.25, 0.3) is 10.9 Å². The summed E-state index contributed by atoms with van der Waals surface area (Å²) in [7, 11) is -4.22. The number of fused-ring (bicyclic) bond motifs is 1. The van der Waals surface area contributed by atoms with Crippen LogP contribution >= 0.6 is 11.6 Å². The zero-order valence-corrected chi connectivity index (χ0v) is 18.3. The molecule has 11 heteroatoms. The molecule has 0 spiro atoms. The second-order valence-electron chi connectivity index (χ2n) is 7.50. The average Bonchev–Trinajstić information content (AvgIpc) is 3.16. The molecule has 0 bridgehead atoms. The number of benzene rings is 2. The highest BCUT2D eigenvalue weighted by molar-refractivity contribution is 7.90. The van der Waals surface area contributed by atoms with Gasteiger partial charge in [-0.2, -0.15) is 0 Å². The van der Waals surface area contributed by atoms with Crippen molar-refractivity contribution in [2.24, 2.45) is 0 Å². The number of hydrogen-bond acceptors (Lipinski definition) is 4. The van der Waals surface area contributed by atoms with Crippen LogP contribution in [0.1, 0.15) is 24.8 Å². The number of nitrogens with zero attached hydrogens (tertiary/aromatic N) is 2. The van der Waals surface area contributed by atoms with Gasteiger partial charge < -0.3 is 15.3 Å². The van der Waals surface area contributed by atoms with E-state index in [0.29, 0.717) is 31.6 Å². The molecule has 1 amide bonds. The number of carbonyl (C=O) groups is 1. The van der Waals surface area contributed by atoms with E-state index in [1.165, 1.54) is 29.2 Å². The van der Waals surface area contributed by atoms with Crippen LogP contribution in [0.3, 0.4) is 0 Å². The molecule has 7 nitrogen and oxygen atoms in total. The summed E-state index contributed by atoms with van der Waals surface area (Å²) in [5.74, 6) is 0. The van der Waals surface area contributed by atoms with Crippen LogP contribution < -0.4 is 5.32 Å². The van der Waals surface area contributed by atoms with Gasteiger partial charge >= 0.3 is 6.09 Å². The van der Waals surface area contributed by atoms with Crippen molar-refractivity contribution in [3.8, 4) is 0 Å². The van der Waals surface area contributed by atoms with Crippen molar-refractivity contribution in [2.45, 2.75) is 30.2 Å². The third-order valence-corrected chi connectivity index (χ3v) is 7.73. The molecule has 1 aliphatic heterocycles. The topological polar surface area (TPSA) is 91.6 Å². The summed E-state index contributed by atoms with van der Waals surface area (Å²) in [6.45, 7) is 0.652. The average molecular weight is 484 g/mol. The Morgan fingerprint density at radius 2 is 1.81 bits per heavy atom. The third kappa shape index (κ3) is 4.00. The molecule has 0 saturated carbocycles. The van der Waals surface area contributed by atoms with Gasteiger partial charge in [-0.1, -0.05) is 29.8 Å². The SMILES string of the molecule is O=C(O)N1CCC(Nc2cccc3c2c(C(F)F)cn3S(=O)(=O)c2ccccc2Cl)CC1. The summed E-state index contributed by atoms with van der Waals surface area (Å²) in [4.78, 5) is 12.2. The molecule has 170 valence electrons. The van der Waals surface area contributed by atoms with E-state index < -0.39 is 28.1 Å². The number of piperidine rings is 1. The number of rotatable bonds is 5. The Hall–Kier alpha value is -2.85. The van der Waals surface area contributed by atoms with Gasteiger partial charge in [0.15, 0.2) is 0 Å². The highest BCUT2D eigenvalue weighted by Crippen LogP contribution is 2.38. The van der Waals surface area contributed by atoms with Crippen molar-refractivity contribution in [1.82, 2.24) is 8.87 Å². The number of carboxylic acid groups (broad SMARTS) is 1. The predicted octanol–water partition coefficient (Wildman–Crippen LogP) is 5.02. The molecular formula is C21H20ClF2N3O4S. The minimum atomic E-state index is -4.22. The fourth-order valence-corrected chi connectivity index (χ4v) is 5.84. The Kier molecular flexibility index (Phi) is 6.00. The van der Waals surface area contributed by atoms with Crippen molar-refractivity contribution in [1.29, 1.82) is 0 Å². The second kappa shape index (κ2) is 8.59. The van der Waals surface area contributed by atoms with Gasteiger partial charge in [0.2, 0.25) is 0 Å². The number of hydrogen-bond donors (Lipinski definition) is 2. The van der Waals surface area contributed by atoms with Crippen molar-refractivity contribution in [2.75, 3.05) is 18.4 Å². The van der Waals surface area contributed by atoms with E-state index in [-0.39, 0.29) is 26.9 Å². The van der Waals surface area contributed by atoms with Gasteiger partial charge in [-0.25, -0.2) is 26.0 Å². The first-order valence-electron chi connectivity index (χ1n) is 9.86. The number of nitrogens with one attached hydrogen (secondary N) is 1. The smallest absolute Gasteiger partial charge is 0.407 e. The highest BCUT2D eigenvalue weighted by atomic mass is 35.5. The van der Waals surface area contributed by atoms with Gasteiger partial charge in [0.05, 0.1) is 10.5 Å². The summed E-state index contributed by atoms with van der Waals surface area (Å²) in [5, 5.41) is 12.4. The van der Waals surface area contributed by atoms with Gasteiger partial charge in [0, 0.05) is 42.0 Å². The lowest BCUT2D eigenvalue weighted by Gasteiger charge is -2.31. The van der Waals surface area contributed by atoms with E-state index >= 15 is 0 Å². The zero-order valence-electron chi connectivity index (χ0n) is 16.7. The standard InChI is InChI=1S/C21H20ClF2N3O4S/c22-15-4-1-2-7-18(15)32(30,31)27-12-14(20(23)24)19-16(5-3-6-17(19)27)25-13-8-10-26(11-9-13)21(28)29/h1-7,12-13,20,25H,8-11H2,(H,28,29). The molecular weight excluding hydrogens is 464 g/mol. The molecule has 1 aliphatic rings. The van der Waals surface area contributed by atoms with Crippen LogP contribution in [0, 0.1) is 0 Å². The summed E-state index contributed by atoms with van der Waals surface area (Å²) >= 11 is 6.07. The second-order valence-corrected chi connectivity index (χ2v) is 9.69. The van der Waals surface area contributed by atoms with Crippen molar-refractivity contribution in [3.05, 3.63) is 59.2 Å². The van der Waals surface area contributed by atoms with Crippen LogP contribution in [0.4, 0.5) is 19.3 Å². The third-order valence-electron chi connectivity index (χ3n) is 5.56. The first kappa shape index (κ1) is 22.3. The lowest BCUT2D eigenvalue weighted by Crippen LogP contribution is -2.41. The van der Waals surface area contributed by atoms with Crippen LogP contribution in [0.15, 0.2) is 53.6 Å². The molecule has 2 aromatic carbocycles. The van der Waals surface area contributed by atoms with E-state index in [0.717, 1.165) is 10.2 Å². The number of halogens is 3. The first-order chi connectivity index (χ1) is 15.2. The Balaban J connectivity index is 1.77. The number of aromatic nitrogens is 1. The molecule has 2 N–H and O–H groups in total. The van der Waals surface area contributed by atoms with E-state index in [2.05, 4.69) is 5.32 Å². The molecule has 0 radical (unpaired) electrons. The van der Waals surface area contributed by atoms with Crippen LogP contribution in [0.5, 0.6) is 0 Å². The lowest BCUT2D eigenvalue weighted by atomic mass is 10.0. The highest BCUT2D eigenvalue weighted by Gasteiger charge is 2.28. The maximum atomic E-state index is 13.9. The molecule has 0 aliphatic carbocycles. The van der Waals surface area contributed by atoms with Crippen LogP contribution in [0.2, 0.25) is 5.02 Å². The predicted molar refractivity (Wildman–Crippen MR) is 117 cm³/mol. The van der Waals surface area contributed by atoms with Gasteiger partial charge in [0.25, 0.3) is 16.4 Å². The van der Waals surface area contributed by atoms with Crippen LogP contribution in [-0.4, -0.2) is 47.6 Å². The van der Waals surface area contributed by atoms with Crippen molar-refractivity contribution in [3.63, 3.8) is 0 Å². The number of likely N-dealkylation sites (tertiary alicyclic amines) is 1. The monoisotopic (exact) mass is 483 g/mol. The van der Waals surface area contributed by atoms with Gasteiger partial charge in [-0.15, -0.1) is 0 Å². The fraction of sp³-hybridized carbons (Fsp3) is 0.286. The van der Waals surface area contributed by atoms with Gasteiger partial charge in [-0.3, -0.25) is 0 Å². The minimum absolute atomic E-state index is 0.00702. The van der Waals surface area contributed by atoms with Gasteiger partial charge in [-0.05, 0) is 37.1 Å². The Labute approximate surface area is 188 Å².